The van der Waals surface area contributed by atoms with Crippen LogP contribution in [-0.4, -0.2) is 44.1 Å². The zero-order valence-electron chi connectivity index (χ0n) is 19.7. The molecule has 0 saturated carbocycles. The predicted molar refractivity (Wildman–Crippen MR) is 133 cm³/mol. The van der Waals surface area contributed by atoms with Gasteiger partial charge in [0.1, 0.15) is 6.61 Å². The van der Waals surface area contributed by atoms with E-state index in [1.165, 1.54) is 12.7 Å². The van der Waals surface area contributed by atoms with E-state index in [1.807, 2.05) is 37.4 Å². The van der Waals surface area contributed by atoms with E-state index in [1.54, 1.807) is 32.0 Å². The topological polar surface area (TPSA) is 67.9 Å². The summed E-state index contributed by atoms with van der Waals surface area (Å²) < 4.78 is 10.7. The molecule has 0 saturated heterocycles. The second-order valence-corrected chi connectivity index (χ2v) is 8.91. The maximum atomic E-state index is 13.3. The van der Waals surface area contributed by atoms with Crippen molar-refractivity contribution in [2.75, 3.05) is 27.3 Å². The lowest BCUT2D eigenvalue weighted by atomic mass is 9.80. The van der Waals surface area contributed by atoms with Crippen molar-refractivity contribution in [3.8, 4) is 0 Å². The molecule has 1 aliphatic rings. The molecule has 0 spiro atoms. The molecule has 0 amide bonds. The number of halogens is 2. The summed E-state index contributed by atoms with van der Waals surface area (Å²) in [4.78, 5) is 28.1. The van der Waals surface area contributed by atoms with Gasteiger partial charge in [0.2, 0.25) is 0 Å². The van der Waals surface area contributed by atoms with E-state index in [0.717, 1.165) is 6.54 Å². The van der Waals surface area contributed by atoms with E-state index in [9.17, 15) is 9.59 Å². The molecule has 8 heteroatoms. The van der Waals surface area contributed by atoms with Gasteiger partial charge in [-0.1, -0.05) is 65.7 Å². The van der Waals surface area contributed by atoms with Crippen molar-refractivity contribution in [2.45, 2.75) is 26.3 Å². The van der Waals surface area contributed by atoms with Gasteiger partial charge in [-0.2, -0.15) is 0 Å². The molecule has 1 unspecified atom stereocenters. The molecule has 2 aromatic rings. The monoisotopic (exact) mass is 502 g/mol. The zero-order valence-corrected chi connectivity index (χ0v) is 21.2. The van der Waals surface area contributed by atoms with Gasteiger partial charge in [-0.3, -0.25) is 4.90 Å². The summed E-state index contributed by atoms with van der Waals surface area (Å²) in [6.45, 7) is 4.98. The van der Waals surface area contributed by atoms with Crippen molar-refractivity contribution >= 4 is 35.1 Å². The van der Waals surface area contributed by atoms with Gasteiger partial charge in [0.15, 0.2) is 0 Å². The Kier molecular flexibility index (Phi) is 8.78. The summed E-state index contributed by atoms with van der Waals surface area (Å²) >= 11 is 12.8. The van der Waals surface area contributed by atoms with Crippen molar-refractivity contribution in [1.82, 2.24) is 10.2 Å². The van der Waals surface area contributed by atoms with Gasteiger partial charge >= 0.3 is 11.9 Å². The Morgan fingerprint density at radius 1 is 0.971 bits per heavy atom. The van der Waals surface area contributed by atoms with E-state index in [0.29, 0.717) is 34.1 Å². The number of nitrogens with one attached hydrogen (secondary N) is 1. The molecule has 0 bridgehead atoms. The molecule has 6 nitrogen and oxygen atoms in total. The molecule has 0 aromatic heterocycles. The van der Waals surface area contributed by atoms with E-state index < -0.39 is 17.9 Å². The third kappa shape index (κ3) is 5.81. The Bertz CT molecular complexity index is 1130. The van der Waals surface area contributed by atoms with Crippen molar-refractivity contribution in [3.05, 3.63) is 92.2 Å². The number of hydrogen-bond acceptors (Lipinski definition) is 6. The summed E-state index contributed by atoms with van der Waals surface area (Å²) in [5, 5.41) is 3.71. The van der Waals surface area contributed by atoms with E-state index in [4.69, 9.17) is 32.7 Å². The van der Waals surface area contributed by atoms with Gasteiger partial charge < -0.3 is 14.8 Å². The van der Waals surface area contributed by atoms with Gasteiger partial charge in [0.25, 0.3) is 0 Å². The first kappa shape index (κ1) is 25.8. The van der Waals surface area contributed by atoms with Gasteiger partial charge in [-0.15, -0.1) is 0 Å². The highest BCUT2D eigenvalue weighted by Gasteiger charge is 2.39. The normalized spacial score (nSPS) is 15.9. The number of methoxy groups -OCH3 is 1. The smallest absolute Gasteiger partial charge is 0.336 e. The van der Waals surface area contributed by atoms with Crippen LogP contribution in [0.4, 0.5) is 0 Å². The fraction of sp³-hybridized carbons (Fsp3) is 0.308. The van der Waals surface area contributed by atoms with Gasteiger partial charge in [0, 0.05) is 24.5 Å². The average Bonchev–Trinajstić information content (AvgIpc) is 2.80. The predicted octanol–water partition coefficient (Wildman–Crippen LogP) is 5.08. The number of likely N-dealkylation sites (N-methyl/N-ethyl adjacent to an activating group) is 1. The maximum absolute atomic E-state index is 13.3. The Morgan fingerprint density at radius 2 is 1.62 bits per heavy atom. The first-order valence-electron chi connectivity index (χ1n) is 10.8. The Morgan fingerprint density at radius 3 is 2.26 bits per heavy atom. The van der Waals surface area contributed by atoms with Crippen LogP contribution in [0.5, 0.6) is 0 Å². The Labute approximate surface area is 210 Å². The van der Waals surface area contributed by atoms with Crippen LogP contribution in [0.25, 0.3) is 0 Å². The van der Waals surface area contributed by atoms with Crippen molar-refractivity contribution in [2.24, 2.45) is 0 Å². The summed E-state index contributed by atoms with van der Waals surface area (Å²) in [5.41, 5.74) is 3.43. The maximum Gasteiger partial charge on any atom is 0.336 e. The van der Waals surface area contributed by atoms with Gasteiger partial charge in [-0.25, -0.2) is 9.59 Å². The first-order valence-corrected chi connectivity index (χ1v) is 11.6. The third-order valence-corrected chi connectivity index (χ3v) is 6.51. The van der Waals surface area contributed by atoms with E-state index in [2.05, 4.69) is 10.2 Å². The SMILES string of the molecule is COC(=O)C1=C(C)NC(C)=C(C(=O)OCCN(C)Cc2ccccc2)C1c1cccc(Cl)c1Cl. The molecule has 0 aliphatic carbocycles. The summed E-state index contributed by atoms with van der Waals surface area (Å²) in [7, 11) is 3.26. The van der Waals surface area contributed by atoms with Crippen molar-refractivity contribution in [1.29, 1.82) is 0 Å². The number of carbonyl (C=O) groups is 2. The van der Waals surface area contributed by atoms with Crippen molar-refractivity contribution in [3.63, 3.8) is 0 Å². The molecule has 0 radical (unpaired) electrons. The number of nitrogens with zero attached hydrogens (tertiary/aromatic N) is 1. The number of dihydropyridines is 1. The molecule has 1 atom stereocenters. The minimum absolute atomic E-state index is 0.186. The second kappa shape index (κ2) is 11.6. The Hall–Kier alpha value is -2.80. The van der Waals surface area contributed by atoms with Crippen LogP contribution in [0.1, 0.15) is 30.9 Å². The first-order chi connectivity index (χ1) is 16.2. The van der Waals surface area contributed by atoms with E-state index >= 15 is 0 Å². The lowest BCUT2D eigenvalue weighted by Gasteiger charge is -2.31. The number of benzene rings is 2. The highest BCUT2D eigenvalue weighted by atomic mass is 35.5. The third-order valence-electron chi connectivity index (χ3n) is 5.68. The summed E-state index contributed by atoms with van der Waals surface area (Å²) in [5.74, 6) is -1.88. The highest BCUT2D eigenvalue weighted by Crippen LogP contribution is 2.43. The number of hydrogen-bond donors (Lipinski definition) is 1. The number of ether oxygens (including phenoxy) is 2. The fourth-order valence-electron chi connectivity index (χ4n) is 4.05. The van der Waals surface area contributed by atoms with Crippen LogP contribution in [0.3, 0.4) is 0 Å². The fourth-order valence-corrected chi connectivity index (χ4v) is 4.46. The molecule has 1 aliphatic heterocycles. The van der Waals surface area contributed by atoms with E-state index in [-0.39, 0.29) is 17.2 Å². The molecule has 1 heterocycles. The summed E-state index contributed by atoms with van der Waals surface area (Å²) in [6, 6.07) is 15.2. The lowest BCUT2D eigenvalue weighted by molar-refractivity contribution is -0.139. The number of allylic oxidation sites excluding steroid dienone is 2. The van der Waals surface area contributed by atoms with Crippen molar-refractivity contribution < 1.29 is 19.1 Å². The van der Waals surface area contributed by atoms with Crippen LogP contribution in [-0.2, 0) is 25.6 Å². The standard InChI is InChI=1S/C26H28Cl2N2O4/c1-16-21(25(31)33-4)23(19-11-8-12-20(27)24(19)28)22(17(2)29-16)26(32)34-14-13-30(3)15-18-9-6-5-7-10-18/h5-12,23,29H,13-15H2,1-4H3. The number of carbonyl (C=O) groups excluding carboxylic acids is 2. The molecule has 1 N–H and O–H groups in total. The average molecular weight is 503 g/mol. The zero-order chi connectivity index (χ0) is 24.8. The van der Waals surface area contributed by atoms with Crippen LogP contribution < -0.4 is 5.32 Å². The molecule has 0 fully saturated rings. The number of rotatable bonds is 8. The summed E-state index contributed by atoms with van der Waals surface area (Å²) in [6.07, 6.45) is 0. The molecule has 3 rings (SSSR count). The molecular weight excluding hydrogens is 475 g/mol. The second-order valence-electron chi connectivity index (χ2n) is 8.13. The van der Waals surface area contributed by atoms with Crippen LogP contribution >= 0.6 is 23.2 Å². The van der Waals surface area contributed by atoms with Gasteiger partial charge in [0.05, 0.1) is 34.2 Å². The molecule has 180 valence electrons. The lowest BCUT2D eigenvalue weighted by Crippen LogP contribution is -2.33. The highest BCUT2D eigenvalue weighted by molar-refractivity contribution is 6.42. The molecule has 34 heavy (non-hydrogen) atoms. The molecule has 2 aromatic carbocycles. The minimum Gasteiger partial charge on any atom is -0.466 e. The quantitative estimate of drug-likeness (QED) is 0.507. The number of esters is 2. The Balaban J connectivity index is 1.83. The molecular formula is C26H28Cl2N2O4. The van der Waals surface area contributed by atoms with Crippen LogP contribution in [0.15, 0.2) is 71.1 Å². The van der Waals surface area contributed by atoms with Gasteiger partial charge in [-0.05, 0) is 38.1 Å². The van der Waals surface area contributed by atoms with Crippen LogP contribution in [0.2, 0.25) is 10.0 Å². The minimum atomic E-state index is -0.783. The largest absolute Gasteiger partial charge is 0.466 e. The van der Waals surface area contributed by atoms with Crippen LogP contribution in [0, 0.1) is 0 Å².